The summed E-state index contributed by atoms with van der Waals surface area (Å²) in [6, 6.07) is 12.0. The molecule has 1 nitrogen and oxygen atoms in total. The molecule has 1 aliphatic rings. The van der Waals surface area contributed by atoms with Crippen LogP contribution in [0, 0.1) is 35.5 Å². The zero-order chi connectivity index (χ0) is 18.5. The summed E-state index contributed by atoms with van der Waals surface area (Å²) in [5, 5.41) is 0. The topological polar surface area (TPSA) is 9.23 Å². The van der Waals surface area contributed by atoms with Gasteiger partial charge in [0.2, 0.25) is 0 Å². The lowest BCUT2D eigenvalue weighted by Gasteiger charge is -2.29. The van der Waals surface area contributed by atoms with Crippen molar-refractivity contribution in [2.45, 2.75) is 46.0 Å². The van der Waals surface area contributed by atoms with Gasteiger partial charge in [0.05, 0.1) is 6.61 Å². The van der Waals surface area contributed by atoms with E-state index < -0.39 is 11.6 Å². The van der Waals surface area contributed by atoms with Crippen molar-refractivity contribution in [3.8, 4) is 16.9 Å². The summed E-state index contributed by atoms with van der Waals surface area (Å²) >= 11 is 0. The molecule has 1 saturated carbocycles. The van der Waals surface area contributed by atoms with Crippen LogP contribution in [0.25, 0.3) is 11.1 Å². The van der Waals surface area contributed by atoms with Crippen molar-refractivity contribution in [2.75, 3.05) is 6.61 Å². The minimum atomic E-state index is -0.571. The van der Waals surface area contributed by atoms with Crippen LogP contribution in [0.5, 0.6) is 5.75 Å². The maximum Gasteiger partial charge on any atom is 0.133 e. The highest BCUT2D eigenvalue weighted by molar-refractivity contribution is 5.65. The quantitative estimate of drug-likeness (QED) is 0.561. The van der Waals surface area contributed by atoms with Gasteiger partial charge in [0.25, 0.3) is 0 Å². The van der Waals surface area contributed by atoms with Gasteiger partial charge in [-0.15, -0.1) is 0 Å². The Balaban J connectivity index is 1.56. The fourth-order valence-corrected chi connectivity index (χ4v) is 3.93. The van der Waals surface area contributed by atoms with Crippen molar-refractivity contribution < 1.29 is 13.5 Å². The van der Waals surface area contributed by atoms with E-state index in [4.69, 9.17) is 4.74 Å². The lowest BCUT2D eigenvalue weighted by Crippen LogP contribution is -2.21. The van der Waals surface area contributed by atoms with Crippen molar-refractivity contribution >= 4 is 0 Å². The summed E-state index contributed by atoms with van der Waals surface area (Å²) in [6.45, 7) is 5.27. The van der Waals surface area contributed by atoms with E-state index in [1.54, 1.807) is 18.2 Å². The van der Waals surface area contributed by atoms with E-state index in [1.165, 1.54) is 44.2 Å². The second-order valence-corrected chi connectivity index (χ2v) is 7.89. The molecule has 26 heavy (non-hydrogen) atoms. The van der Waals surface area contributed by atoms with Crippen molar-refractivity contribution in [3.63, 3.8) is 0 Å². The van der Waals surface area contributed by atoms with Gasteiger partial charge in [-0.1, -0.05) is 32.8 Å². The Morgan fingerprint density at radius 2 is 1.77 bits per heavy atom. The first-order chi connectivity index (χ1) is 12.5. The minimum Gasteiger partial charge on any atom is -0.493 e. The summed E-state index contributed by atoms with van der Waals surface area (Å²) < 4.78 is 33.0. The van der Waals surface area contributed by atoms with Gasteiger partial charge < -0.3 is 4.74 Å². The van der Waals surface area contributed by atoms with E-state index in [0.29, 0.717) is 29.4 Å². The van der Waals surface area contributed by atoms with Gasteiger partial charge in [0.1, 0.15) is 17.4 Å². The number of halogens is 2. The van der Waals surface area contributed by atoms with Gasteiger partial charge in [-0.3, -0.25) is 0 Å². The number of hydrogen-bond acceptors (Lipinski definition) is 1. The van der Waals surface area contributed by atoms with Crippen LogP contribution >= 0.6 is 0 Å². The molecule has 3 rings (SSSR count). The van der Waals surface area contributed by atoms with Crippen LogP contribution in [0.2, 0.25) is 0 Å². The fourth-order valence-electron chi connectivity index (χ4n) is 3.93. The highest BCUT2D eigenvalue weighted by atomic mass is 19.1. The predicted molar refractivity (Wildman–Crippen MR) is 101 cm³/mol. The Kier molecular flexibility index (Phi) is 6.29. The molecule has 0 bridgehead atoms. The minimum absolute atomic E-state index is 0.374. The molecule has 3 heteroatoms. The molecule has 139 valence electrons. The maximum absolute atomic E-state index is 14.0. The number of benzene rings is 2. The first kappa shape index (κ1) is 18.9. The molecule has 0 unspecified atom stereocenters. The van der Waals surface area contributed by atoms with Crippen molar-refractivity contribution in [3.05, 3.63) is 54.1 Å². The average molecular weight is 357 g/mol. The van der Waals surface area contributed by atoms with Gasteiger partial charge in [-0.2, -0.15) is 0 Å². The Morgan fingerprint density at radius 1 is 1.04 bits per heavy atom. The van der Waals surface area contributed by atoms with Crippen LogP contribution in [0.15, 0.2) is 36.4 Å². The van der Waals surface area contributed by atoms with Gasteiger partial charge in [0.15, 0.2) is 0 Å². The van der Waals surface area contributed by atoms with Crippen molar-refractivity contribution in [1.29, 1.82) is 0 Å². The first-order valence-electron chi connectivity index (χ1n) is 9.61. The molecular weight excluding hydrogens is 330 g/mol. The summed E-state index contributed by atoms with van der Waals surface area (Å²) in [4.78, 5) is 0. The van der Waals surface area contributed by atoms with Crippen LogP contribution in [-0.4, -0.2) is 6.61 Å². The Morgan fingerprint density at radius 3 is 2.46 bits per heavy atom. The lowest BCUT2D eigenvalue weighted by molar-refractivity contribution is 0.173. The Bertz CT molecular complexity index is 718. The predicted octanol–water partition coefficient (Wildman–Crippen LogP) is 6.66. The Labute approximate surface area is 155 Å². The van der Waals surface area contributed by atoms with E-state index in [2.05, 4.69) is 19.9 Å². The molecule has 0 spiro atoms. The third kappa shape index (κ3) is 5.06. The van der Waals surface area contributed by atoms with Crippen LogP contribution in [0.4, 0.5) is 8.78 Å². The van der Waals surface area contributed by atoms with Crippen LogP contribution < -0.4 is 4.74 Å². The third-order valence-electron chi connectivity index (χ3n) is 5.26. The van der Waals surface area contributed by atoms with E-state index in [-0.39, 0.29) is 0 Å². The molecule has 0 N–H and O–H groups in total. The highest BCUT2D eigenvalue weighted by Crippen LogP contribution is 2.33. The van der Waals surface area contributed by atoms with Crippen LogP contribution in [0.1, 0.15) is 46.0 Å². The third-order valence-corrected chi connectivity index (χ3v) is 5.26. The summed E-state index contributed by atoms with van der Waals surface area (Å²) in [7, 11) is 0. The lowest BCUT2D eigenvalue weighted by atomic mass is 9.79. The molecule has 0 aliphatic heterocycles. The fraction of sp³-hybridized carbons (Fsp3) is 0.478. The Hall–Kier alpha value is -1.90. The van der Waals surface area contributed by atoms with E-state index in [9.17, 15) is 8.78 Å². The second kappa shape index (κ2) is 8.66. The molecule has 2 aromatic rings. The largest absolute Gasteiger partial charge is 0.493 e. The average Bonchev–Trinajstić information content (AvgIpc) is 2.61. The summed E-state index contributed by atoms with van der Waals surface area (Å²) in [5.74, 6) is 1.71. The molecule has 0 aromatic heterocycles. The number of rotatable bonds is 6. The van der Waals surface area contributed by atoms with Gasteiger partial charge >= 0.3 is 0 Å². The summed E-state index contributed by atoms with van der Waals surface area (Å²) in [6.07, 6.45) is 6.33. The number of hydrogen-bond donors (Lipinski definition) is 0. The zero-order valence-corrected chi connectivity index (χ0v) is 15.6. The molecule has 0 atom stereocenters. The number of ether oxygens (including phenoxy) is 1. The SMILES string of the molecule is CC(C)CC1CCC(COc2[c]ccc(-c3ccc(F)cc3F)c2)CC1. The zero-order valence-electron chi connectivity index (χ0n) is 15.6. The summed E-state index contributed by atoms with van der Waals surface area (Å²) in [5.41, 5.74) is 1.05. The smallest absolute Gasteiger partial charge is 0.133 e. The van der Waals surface area contributed by atoms with E-state index in [1.807, 2.05) is 0 Å². The highest BCUT2D eigenvalue weighted by Gasteiger charge is 2.22. The monoisotopic (exact) mass is 357 g/mol. The second-order valence-electron chi connectivity index (χ2n) is 7.89. The molecule has 2 aromatic carbocycles. The molecular formula is C23H27F2O. The maximum atomic E-state index is 14.0. The van der Waals surface area contributed by atoms with Gasteiger partial charge in [-0.05, 0) is 66.8 Å². The van der Waals surface area contributed by atoms with E-state index >= 15 is 0 Å². The normalized spacial score (nSPS) is 20.3. The molecule has 0 amide bonds. The molecule has 0 heterocycles. The molecule has 1 fully saturated rings. The van der Waals surface area contributed by atoms with Gasteiger partial charge in [-0.25, -0.2) is 8.78 Å². The molecule has 1 radical (unpaired) electrons. The van der Waals surface area contributed by atoms with Crippen molar-refractivity contribution in [2.24, 2.45) is 17.8 Å². The molecule has 0 saturated heterocycles. The van der Waals surface area contributed by atoms with Gasteiger partial charge in [0, 0.05) is 17.7 Å². The van der Waals surface area contributed by atoms with Crippen LogP contribution in [-0.2, 0) is 0 Å². The van der Waals surface area contributed by atoms with E-state index in [0.717, 1.165) is 17.9 Å². The standard InChI is InChI=1S/C23H27F2O/c1-16(2)12-17-6-8-18(9-7-17)15-26-21-5-3-4-19(13-21)22-11-10-20(24)14-23(22)25/h3-4,10-11,13-14,16-18H,6-9,12,15H2,1-2H3. The van der Waals surface area contributed by atoms with Crippen molar-refractivity contribution in [1.82, 2.24) is 0 Å². The first-order valence-corrected chi connectivity index (χ1v) is 9.61. The molecule has 1 aliphatic carbocycles. The van der Waals surface area contributed by atoms with Crippen LogP contribution in [0.3, 0.4) is 0 Å².